The van der Waals surface area contributed by atoms with E-state index in [0.29, 0.717) is 25.8 Å². The molecule has 1 fully saturated rings. The Morgan fingerprint density at radius 3 is 2.36 bits per heavy atom. The number of nitrogens with zero attached hydrogens (tertiary/aromatic N) is 1. The van der Waals surface area contributed by atoms with E-state index in [4.69, 9.17) is 5.73 Å². The lowest BCUT2D eigenvalue weighted by Gasteiger charge is -2.28. The summed E-state index contributed by atoms with van der Waals surface area (Å²) in [6, 6.07) is 5.23. The molecule has 6 N–H and O–H groups in total. The van der Waals surface area contributed by atoms with E-state index in [-0.39, 0.29) is 18.2 Å². The summed E-state index contributed by atoms with van der Waals surface area (Å²) in [5, 5.41) is 23.7. The third-order valence-corrected chi connectivity index (χ3v) is 5.59. The predicted octanol–water partition coefficient (Wildman–Crippen LogP) is -0.360. The van der Waals surface area contributed by atoms with Crippen LogP contribution in [0.15, 0.2) is 30.3 Å². The predicted molar refractivity (Wildman–Crippen MR) is 121 cm³/mol. The summed E-state index contributed by atoms with van der Waals surface area (Å²) in [6.45, 7) is 3.30. The van der Waals surface area contributed by atoms with Crippen LogP contribution < -0.4 is 16.4 Å². The Morgan fingerprint density at radius 2 is 1.79 bits per heavy atom. The largest absolute Gasteiger partial charge is 0.480 e. The van der Waals surface area contributed by atoms with Crippen LogP contribution in [0.4, 0.5) is 0 Å². The number of likely N-dealkylation sites (tertiary alicyclic amines) is 1. The van der Waals surface area contributed by atoms with Crippen LogP contribution in [0, 0.1) is 5.92 Å². The molecule has 0 bridgehead atoms. The second-order valence-corrected chi connectivity index (χ2v) is 8.76. The molecule has 10 heteroatoms. The van der Waals surface area contributed by atoms with Gasteiger partial charge in [0.05, 0.1) is 12.6 Å². The number of nitrogens with one attached hydrogen (secondary N) is 2. The van der Waals surface area contributed by atoms with E-state index in [1.54, 1.807) is 0 Å². The molecule has 1 aromatic rings. The molecule has 4 unspecified atom stereocenters. The first-order valence-corrected chi connectivity index (χ1v) is 11.2. The van der Waals surface area contributed by atoms with Gasteiger partial charge in [0, 0.05) is 6.54 Å². The van der Waals surface area contributed by atoms with E-state index in [0.717, 1.165) is 5.56 Å². The maximum absolute atomic E-state index is 12.9. The van der Waals surface area contributed by atoms with Crippen molar-refractivity contribution >= 4 is 23.7 Å². The van der Waals surface area contributed by atoms with Crippen molar-refractivity contribution in [2.24, 2.45) is 11.7 Å². The molecule has 1 saturated heterocycles. The van der Waals surface area contributed by atoms with E-state index in [1.807, 2.05) is 44.2 Å². The second-order valence-electron chi connectivity index (χ2n) is 8.76. The van der Waals surface area contributed by atoms with Gasteiger partial charge >= 0.3 is 5.97 Å². The van der Waals surface area contributed by atoms with E-state index >= 15 is 0 Å². The third-order valence-electron chi connectivity index (χ3n) is 5.59. The standard InChI is InChI=1S/C23H34N4O6/c1-14(2)11-17(23(32)33)25-20(29)18(13-28)26-21(30)19-9-6-10-27(19)22(31)16(24)12-15-7-4-3-5-8-15/h3-5,7-8,14,16-19,28H,6,9-13,24H2,1-2H3,(H,25,29)(H,26,30)(H,32,33). The van der Waals surface area contributed by atoms with E-state index in [9.17, 15) is 29.4 Å². The van der Waals surface area contributed by atoms with Crippen LogP contribution in [0.5, 0.6) is 0 Å². The zero-order chi connectivity index (χ0) is 24.5. The first-order chi connectivity index (χ1) is 15.6. The first-order valence-electron chi connectivity index (χ1n) is 11.2. The van der Waals surface area contributed by atoms with E-state index in [1.165, 1.54) is 4.90 Å². The van der Waals surface area contributed by atoms with Gasteiger partial charge in [-0.25, -0.2) is 4.79 Å². The summed E-state index contributed by atoms with van der Waals surface area (Å²) in [6.07, 6.45) is 1.55. The van der Waals surface area contributed by atoms with Gasteiger partial charge in [0.25, 0.3) is 0 Å². The topological polar surface area (TPSA) is 162 Å². The fraction of sp³-hybridized carbons (Fsp3) is 0.565. The molecule has 0 saturated carbocycles. The van der Waals surface area contributed by atoms with Gasteiger partial charge in [-0.15, -0.1) is 0 Å². The lowest BCUT2D eigenvalue weighted by atomic mass is 10.0. The van der Waals surface area contributed by atoms with Crippen molar-refractivity contribution in [3.05, 3.63) is 35.9 Å². The highest BCUT2D eigenvalue weighted by Gasteiger charge is 2.37. The molecule has 1 aromatic carbocycles. The average molecular weight is 463 g/mol. The molecule has 0 aromatic heterocycles. The number of benzene rings is 1. The lowest BCUT2D eigenvalue weighted by Crippen LogP contribution is -2.57. The number of aliphatic carboxylic acids is 1. The van der Waals surface area contributed by atoms with Gasteiger partial charge in [0.1, 0.15) is 18.1 Å². The quantitative estimate of drug-likeness (QED) is 0.300. The molecule has 1 aliphatic heterocycles. The van der Waals surface area contributed by atoms with Crippen molar-refractivity contribution in [3.63, 3.8) is 0 Å². The molecule has 0 radical (unpaired) electrons. The normalized spacial score (nSPS) is 18.5. The SMILES string of the molecule is CC(C)CC(NC(=O)C(CO)NC(=O)C1CCCN1C(=O)C(N)Cc1ccccc1)C(=O)O. The Kier molecular flexibility index (Phi) is 9.80. The van der Waals surface area contributed by atoms with Crippen molar-refractivity contribution in [3.8, 4) is 0 Å². The van der Waals surface area contributed by atoms with Crippen LogP contribution >= 0.6 is 0 Å². The summed E-state index contributed by atoms with van der Waals surface area (Å²) in [4.78, 5) is 51.1. The van der Waals surface area contributed by atoms with Crippen molar-refractivity contribution in [2.45, 2.75) is 63.7 Å². The molecule has 2 rings (SSSR count). The summed E-state index contributed by atoms with van der Waals surface area (Å²) in [7, 11) is 0. The summed E-state index contributed by atoms with van der Waals surface area (Å²) >= 11 is 0. The number of carbonyl (C=O) groups excluding carboxylic acids is 3. The Hall–Kier alpha value is -2.98. The highest BCUT2D eigenvalue weighted by atomic mass is 16.4. The van der Waals surface area contributed by atoms with Gasteiger partial charge in [-0.3, -0.25) is 14.4 Å². The smallest absolute Gasteiger partial charge is 0.326 e. The van der Waals surface area contributed by atoms with Crippen LogP contribution in [-0.2, 0) is 25.6 Å². The van der Waals surface area contributed by atoms with Gasteiger partial charge in [-0.2, -0.15) is 0 Å². The molecule has 4 atom stereocenters. The monoisotopic (exact) mass is 462 g/mol. The van der Waals surface area contributed by atoms with Crippen LogP contribution in [0.25, 0.3) is 0 Å². The maximum atomic E-state index is 12.9. The van der Waals surface area contributed by atoms with Crippen molar-refractivity contribution in [1.82, 2.24) is 15.5 Å². The zero-order valence-electron chi connectivity index (χ0n) is 19.1. The number of carboxylic acid groups (broad SMARTS) is 1. The molecule has 0 aliphatic carbocycles. The number of rotatable bonds is 11. The third kappa shape index (κ3) is 7.54. The molecular weight excluding hydrogens is 428 g/mol. The number of amides is 3. The zero-order valence-corrected chi connectivity index (χ0v) is 19.1. The lowest BCUT2D eigenvalue weighted by molar-refractivity contribution is -0.143. The molecular formula is C23H34N4O6. The number of aliphatic hydroxyl groups is 1. The molecule has 182 valence electrons. The van der Waals surface area contributed by atoms with E-state index in [2.05, 4.69) is 10.6 Å². The molecule has 1 heterocycles. The van der Waals surface area contributed by atoms with Crippen LogP contribution in [-0.4, -0.2) is 76.1 Å². The van der Waals surface area contributed by atoms with Gasteiger partial charge in [-0.1, -0.05) is 44.2 Å². The second kappa shape index (κ2) is 12.3. The van der Waals surface area contributed by atoms with Crippen LogP contribution in [0.2, 0.25) is 0 Å². The fourth-order valence-corrected chi connectivity index (χ4v) is 3.90. The molecule has 10 nitrogen and oxygen atoms in total. The number of aliphatic hydroxyl groups excluding tert-OH is 1. The first kappa shape index (κ1) is 26.3. The van der Waals surface area contributed by atoms with Gasteiger partial charge in [0.15, 0.2) is 0 Å². The summed E-state index contributed by atoms with van der Waals surface area (Å²) in [5.41, 5.74) is 7.01. The number of carbonyl (C=O) groups is 4. The van der Waals surface area contributed by atoms with Crippen molar-refractivity contribution in [1.29, 1.82) is 0 Å². The number of carboxylic acids is 1. The molecule has 33 heavy (non-hydrogen) atoms. The summed E-state index contributed by atoms with van der Waals surface area (Å²) in [5.74, 6) is -2.91. The Bertz CT molecular complexity index is 832. The minimum Gasteiger partial charge on any atom is -0.480 e. The Balaban J connectivity index is 2.00. The van der Waals surface area contributed by atoms with Gasteiger partial charge < -0.3 is 31.5 Å². The minimum atomic E-state index is -1.33. The maximum Gasteiger partial charge on any atom is 0.326 e. The van der Waals surface area contributed by atoms with Crippen molar-refractivity contribution in [2.75, 3.05) is 13.2 Å². The highest BCUT2D eigenvalue weighted by Crippen LogP contribution is 2.19. The van der Waals surface area contributed by atoms with Gasteiger partial charge in [-0.05, 0) is 37.2 Å². The Labute approximate surface area is 193 Å². The van der Waals surface area contributed by atoms with Crippen LogP contribution in [0.3, 0.4) is 0 Å². The fourth-order valence-electron chi connectivity index (χ4n) is 3.90. The van der Waals surface area contributed by atoms with E-state index < -0.39 is 48.6 Å². The Morgan fingerprint density at radius 1 is 1.12 bits per heavy atom. The highest BCUT2D eigenvalue weighted by molar-refractivity contribution is 5.94. The number of hydrogen-bond acceptors (Lipinski definition) is 6. The molecule has 0 spiro atoms. The minimum absolute atomic E-state index is 0.0201. The average Bonchev–Trinajstić information content (AvgIpc) is 3.26. The number of hydrogen-bond donors (Lipinski definition) is 5. The van der Waals surface area contributed by atoms with Crippen LogP contribution in [0.1, 0.15) is 38.7 Å². The molecule has 3 amide bonds. The summed E-state index contributed by atoms with van der Waals surface area (Å²) < 4.78 is 0. The number of nitrogens with two attached hydrogens (primary N) is 1. The van der Waals surface area contributed by atoms with Crippen molar-refractivity contribution < 1.29 is 29.4 Å². The van der Waals surface area contributed by atoms with Gasteiger partial charge in [0.2, 0.25) is 17.7 Å². The molecule has 1 aliphatic rings.